The number of hydrogen-bond acceptors (Lipinski definition) is 4. The maximum Gasteiger partial charge on any atom is 0.129 e. The molecule has 0 aromatic carbocycles. The van der Waals surface area contributed by atoms with Crippen LogP contribution in [-0.4, -0.2) is 48.1 Å². The number of nitrogens with zero attached hydrogens (tertiary/aromatic N) is 3. The summed E-state index contributed by atoms with van der Waals surface area (Å²) in [5, 5.41) is 4.16. The fourth-order valence-electron chi connectivity index (χ4n) is 2.68. The predicted octanol–water partition coefficient (Wildman–Crippen LogP) is 2.76. The number of piperazine rings is 1. The second-order valence-corrected chi connectivity index (χ2v) is 6.85. The summed E-state index contributed by atoms with van der Waals surface area (Å²) in [7, 11) is 2.19. The summed E-state index contributed by atoms with van der Waals surface area (Å²) in [4.78, 5) is 9.32. The van der Waals surface area contributed by atoms with E-state index in [1.54, 1.807) is 6.20 Å². The quantitative estimate of drug-likeness (QED) is 0.926. The Morgan fingerprint density at radius 1 is 1.33 bits per heavy atom. The maximum atomic E-state index is 6.27. The molecule has 1 aliphatic heterocycles. The standard InChI is InChI=1S/C16H27ClN4/c1-11(2)18-7-14-6-16(19-8-15(14)17)21-9-12(3)20(5)13(4)10-21/h6,8,11-13,18H,7,9-10H2,1-5H3. The SMILES string of the molecule is CC(C)NCc1cc(N2CC(C)N(C)C(C)C2)ncc1Cl. The fourth-order valence-corrected chi connectivity index (χ4v) is 2.85. The van der Waals surface area contributed by atoms with Crippen molar-refractivity contribution >= 4 is 17.4 Å². The van der Waals surface area contributed by atoms with Crippen LogP contribution in [-0.2, 0) is 6.54 Å². The van der Waals surface area contributed by atoms with E-state index in [0.717, 1.165) is 36.0 Å². The van der Waals surface area contributed by atoms with E-state index in [1.807, 2.05) is 0 Å². The molecule has 1 aromatic heterocycles. The summed E-state index contributed by atoms with van der Waals surface area (Å²) in [5.41, 5.74) is 1.12. The zero-order valence-electron chi connectivity index (χ0n) is 13.7. The number of anilines is 1. The van der Waals surface area contributed by atoms with Gasteiger partial charge in [0.2, 0.25) is 0 Å². The zero-order valence-corrected chi connectivity index (χ0v) is 14.5. The molecule has 5 heteroatoms. The summed E-state index contributed by atoms with van der Waals surface area (Å²) in [6.45, 7) is 11.6. The number of pyridine rings is 1. The molecule has 0 spiro atoms. The van der Waals surface area contributed by atoms with Crippen molar-refractivity contribution in [1.82, 2.24) is 15.2 Å². The highest BCUT2D eigenvalue weighted by molar-refractivity contribution is 6.31. The summed E-state index contributed by atoms with van der Waals surface area (Å²) in [5.74, 6) is 1.03. The molecule has 0 amide bonds. The monoisotopic (exact) mass is 310 g/mol. The topological polar surface area (TPSA) is 31.4 Å². The number of nitrogens with one attached hydrogen (secondary N) is 1. The van der Waals surface area contributed by atoms with E-state index in [4.69, 9.17) is 11.6 Å². The van der Waals surface area contributed by atoms with Crippen LogP contribution in [0.5, 0.6) is 0 Å². The summed E-state index contributed by atoms with van der Waals surface area (Å²) >= 11 is 6.27. The predicted molar refractivity (Wildman–Crippen MR) is 90.1 cm³/mol. The Morgan fingerprint density at radius 3 is 2.52 bits per heavy atom. The van der Waals surface area contributed by atoms with Crippen LogP contribution in [0.15, 0.2) is 12.3 Å². The highest BCUT2D eigenvalue weighted by atomic mass is 35.5. The maximum absolute atomic E-state index is 6.27. The van der Waals surface area contributed by atoms with Crippen molar-refractivity contribution in [2.45, 2.75) is 52.4 Å². The van der Waals surface area contributed by atoms with Gasteiger partial charge in [0.25, 0.3) is 0 Å². The minimum absolute atomic E-state index is 0.446. The Labute approximate surface area is 133 Å². The van der Waals surface area contributed by atoms with Gasteiger partial charge in [-0.2, -0.15) is 0 Å². The van der Waals surface area contributed by atoms with Crippen LogP contribution in [0.4, 0.5) is 5.82 Å². The molecule has 1 N–H and O–H groups in total. The summed E-state index contributed by atoms with van der Waals surface area (Å²) < 4.78 is 0. The van der Waals surface area contributed by atoms with Gasteiger partial charge in [0.15, 0.2) is 0 Å². The van der Waals surface area contributed by atoms with Gasteiger partial charge in [-0.1, -0.05) is 25.4 Å². The van der Waals surface area contributed by atoms with E-state index in [1.165, 1.54) is 0 Å². The molecule has 1 saturated heterocycles. The molecule has 1 fully saturated rings. The van der Waals surface area contributed by atoms with Gasteiger partial charge in [-0.05, 0) is 32.5 Å². The molecule has 1 aromatic rings. The van der Waals surface area contributed by atoms with Gasteiger partial charge < -0.3 is 10.2 Å². The first kappa shape index (κ1) is 16.5. The van der Waals surface area contributed by atoms with E-state index in [-0.39, 0.29) is 0 Å². The number of rotatable bonds is 4. The summed E-state index contributed by atoms with van der Waals surface area (Å²) in [6, 6.07) is 3.64. The van der Waals surface area contributed by atoms with E-state index < -0.39 is 0 Å². The Hall–Kier alpha value is -0.840. The van der Waals surface area contributed by atoms with Crippen LogP contribution in [0, 0.1) is 0 Å². The smallest absolute Gasteiger partial charge is 0.129 e. The van der Waals surface area contributed by atoms with Crippen LogP contribution in [0.2, 0.25) is 5.02 Å². The van der Waals surface area contributed by atoms with Crippen LogP contribution in [0.3, 0.4) is 0 Å². The molecule has 2 heterocycles. The average molecular weight is 311 g/mol. The lowest BCUT2D eigenvalue weighted by Gasteiger charge is -2.43. The number of aromatic nitrogens is 1. The first-order valence-electron chi connectivity index (χ1n) is 7.73. The molecule has 2 rings (SSSR count). The molecule has 2 atom stereocenters. The molecule has 2 unspecified atom stereocenters. The lowest BCUT2D eigenvalue weighted by Crippen LogP contribution is -2.55. The number of likely N-dealkylation sites (N-methyl/N-ethyl adjacent to an activating group) is 1. The van der Waals surface area contributed by atoms with Crippen molar-refractivity contribution < 1.29 is 0 Å². The van der Waals surface area contributed by atoms with Crippen molar-refractivity contribution in [1.29, 1.82) is 0 Å². The van der Waals surface area contributed by atoms with Crippen molar-refractivity contribution in [2.75, 3.05) is 25.0 Å². The lowest BCUT2D eigenvalue weighted by atomic mass is 10.1. The van der Waals surface area contributed by atoms with Crippen molar-refractivity contribution in [3.63, 3.8) is 0 Å². The summed E-state index contributed by atoms with van der Waals surface area (Å²) in [6.07, 6.45) is 1.78. The second-order valence-electron chi connectivity index (χ2n) is 6.44. The third kappa shape index (κ3) is 4.09. The van der Waals surface area contributed by atoms with E-state index in [2.05, 4.69) is 60.9 Å². The van der Waals surface area contributed by atoms with Gasteiger partial charge in [0.1, 0.15) is 5.82 Å². The van der Waals surface area contributed by atoms with Crippen LogP contribution in [0.1, 0.15) is 33.3 Å². The molecule has 0 saturated carbocycles. The van der Waals surface area contributed by atoms with Gasteiger partial charge in [-0.3, -0.25) is 4.90 Å². The third-order valence-electron chi connectivity index (χ3n) is 4.30. The Bertz CT molecular complexity index is 465. The molecule has 4 nitrogen and oxygen atoms in total. The first-order chi connectivity index (χ1) is 9.88. The Kier molecular flexibility index (Phi) is 5.47. The molecule has 0 aliphatic carbocycles. The van der Waals surface area contributed by atoms with Crippen molar-refractivity contribution in [3.8, 4) is 0 Å². The van der Waals surface area contributed by atoms with E-state index in [0.29, 0.717) is 18.1 Å². The van der Waals surface area contributed by atoms with E-state index >= 15 is 0 Å². The first-order valence-corrected chi connectivity index (χ1v) is 8.11. The van der Waals surface area contributed by atoms with Crippen LogP contribution < -0.4 is 10.2 Å². The van der Waals surface area contributed by atoms with Crippen molar-refractivity contribution in [2.24, 2.45) is 0 Å². The third-order valence-corrected chi connectivity index (χ3v) is 4.65. The largest absolute Gasteiger partial charge is 0.353 e. The number of halogens is 1. The molecule has 21 heavy (non-hydrogen) atoms. The van der Waals surface area contributed by atoms with Gasteiger partial charge in [-0.15, -0.1) is 0 Å². The van der Waals surface area contributed by atoms with Gasteiger partial charge in [-0.25, -0.2) is 4.98 Å². The molecular weight excluding hydrogens is 284 g/mol. The Morgan fingerprint density at radius 2 is 1.95 bits per heavy atom. The molecular formula is C16H27ClN4. The Balaban J connectivity index is 2.14. The normalized spacial score (nSPS) is 23.9. The molecule has 0 bridgehead atoms. The number of hydrogen-bond donors (Lipinski definition) is 1. The van der Waals surface area contributed by atoms with Crippen molar-refractivity contribution in [3.05, 3.63) is 22.8 Å². The average Bonchev–Trinajstić information content (AvgIpc) is 2.43. The second kappa shape index (κ2) is 6.95. The van der Waals surface area contributed by atoms with E-state index in [9.17, 15) is 0 Å². The van der Waals surface area contributed by atoms with Gasteiger partial charge in [0.05, 0.1) is 5.02 Å². The molecule has 1 aliphatic rings. The van der Waals surface area contributed by atoms with Gasteiger partial charge in [0, 0.05) is 44.0 Å². The minimum atomic E-state index is 0.446. The highest BCUT2D eigenvalue weighted by Crippen LogP contribution is 2.24. The molecule has 0 radical (unpaired) electrons. The molecule has 118 valence electrons. The van der Waals surface area contributed by atoms with Gasteiger partial charge >= 0.3 is 0 Å². The van der Waals surface area contributed by atoms with Crippen LogP contribution >= 0.6 is 11.6 Å². The highest BCUT2D eigenvalue weighted by Gasteiger charge is 2.27. The zero-order chi connectivity index (χ0) is 15.6. The fraction of sp³-hybridized carbons (Fsp3) is 0.688. The van der Waals surface area contributed by atoms with Crippen LogP contribution in [0.25, 0.3) is 0 Å². The lowest BCUT2D eigenvalue weighted by molar-refractivity contribution is 0.169. The minimum Gasteiger partial charge on any atom is -0.353 e.